The standard InChI is InChI=1S/C87H87BN4Si/c1-93(2,3)66-50-46-58(47-51-66)63-54-83-85-84(55-63)92(87-69(61-30-12-6-13-31-61)40-25-41-70(87)62-32-14-7-15-33-62)82-57-65(90-79-44-22-18-36-73(79)74-37-19-23-45-80(74)90)49-53-76(82)88(85)75-52-48-64(89-77-42-20-16-34-71(77)72-35-17-21-43-78(72)89)56-81(75)91(83)86-67(59-26-8-4-9-27-59)38-24-39-68(86)60-28-10-5-11-29-60/h4,6,8,12,16-23,28,32,34-38,40,42-57,59,61,68,70,86-87H,5,7,9-11,13-15,24-27,29-31,33,39,41H2,1-3H3. The zero-order valence-corrected chi connectivity index (χ0v) is 55.8. The van der Waals surface area contributed by atoms with E-state index in [4.69, 9.17) is 0 Å². The minimum Gasteiger partial charge on any atom is -0.334 e. The number of para-hydroxylation sites is 4. The minimum atomic E-state index is -1.62. The number of aromatic nitrogens is 2. The summed E-state index contributed by atoms with van der Waals surface area (Å²) in [6, 6.07) is 68.1. The molecule has 93 heavy (non-hydrogen) atoms. The van der Waals surface area contributed by atoms with Crippen molar-refractivity contribution < 1.29 is 0 Å². The van der Waals surface area contributed by atoms with Gasteiger partial charge >= 0.3 is 0 Å². The van der Waals surface area contributed by atoms with Crippen molar-refractivity contribution in [1.82, 2.24) is 9.13 Å². The Bertz CT molecular complexity index is 4440. The number of anilines is 4. The summed E-state index contributed by atoms with van der Waals surface area (Å²) in [6.07, 6.45) is 42.5. The Morgan fingerprint density at radius 1 is 0.387 bits per heavy atom. The van der Waals surface area contributed by atoms with Gasteiger partial charge in [-0.15, -0.1) is 0 Å². The van der Waals surface area contributed by atoms with Gasteiger partial charge < -0.3 is 18.9 Å². The molecule has 0 N–H and O–H groups in total. The van der Waals surface area contributed by atoms with Crippen LogP contribution >= 0.6 is 0 Å². The van der Waals surface area contributed by atoms with Gasteiger partial charge in [0.15, 0.2) is 0 Å². The lowest BCUT2D eigenvalue weighted by molar-refractivity contribution is 0.391. The highest BCUT2D eigenvalue weighted by Crippen LogP contribution is 2.53. The maximum absolute atomic E-state index is 3.06. The molecular weight excluding hydrogens is 1140 g/mol. The van der Waals surface area contributed by atoms with Gasteiger partial charge in [-0.25, -0.2) is 0 Å². The second kappa shape index (κ2) is 23.3. The highest BCUT2D eigenvalue weighted by Gasteiger charge is 2.51. The van der Waals surface area contributed by atoms with Crippen molar-refractivity contribution in [2.45, 2.75) is 147 Å². The van der Waals surface area contributed by atoms with Crippen molar-refractivity contribution in [1.29, 1.82) is 0 Å². The molecule has 0 fully saturated rings. The first-order chi connectivity index (χ1) is 45.8. The lowest BCUT2D eigenvalue weighted by Gasteiger charge is -2.53. The number of nitrogens with zero attached hydrogens (tertiary/aromatic N) is 4. The summed E-state index contributed by atoms with van der Waals surface area (Å²) in [4.78, 5) is 6.12. The summed E-state index contributed by atoms with van der Waals surface area (Å²) < 4.78 is 5.19. The molecule has 4 nitrogen and oxygen atoms in total. The van der Waals surface area contributed by atoms with E-state index in [-0.39, 0.29) is 18.8 Å². The third-order valence-corrected chi connectivity index (χ3v) is 25.7. The van der Waals surface area contributed by atoms with Gasteiger partial charge in [-0.1, -0.05) is 194 Å². The summed E-state index contributed by atoms with van der Waals surface area (Å²) in [7, 11) is -1.62. The van der Waals surface area contributed by atoms with Crippen molar-refractivity contribution in [3.63, 3.8) is 0 Å². The van der Waals surface area contributed by atoms with Crippen LogP contribution in [0.2, 0.25) is 19.6 Å². The Hall–Kier alpha value is -8.32. The highest BCUT2D eigenvalue weighted by atomic mass is 28.3. The molecular formula is C87H87BN4Si. The average Bonchev–Trinajstić information content (AvgIpc) is 0.952. The predicted molar refractivity (Wildman–Crippen MR) is 401 cm³/mol. The summed E-state index contributed by atoms with van der Waals surface area (Å²) in [5, 5.41) is 6.72. The number of rotatable bonds is 10. The van der Waals surface area contributed by atoms with Gasteiger partial charge in [0.1, 0.15) is 0 Å². The minimum absolute atomic E-state index is 0.0304. The van der Waals surface area contributed by atoms with Crippen LogP contribution in [0.3, 0.4) is 0 Å². The fourth-order valence-corrected chi connectivity index (χ4v) is 20.5. The van der Waals surface area contributed by atoms with Crippen molar-refractivity contribution in [2.24, 2.45) is 23.7 Å². The second-order valence-corrected chi connectivity index (χ2v) is 34.9. The van der Waals surface area contributed by atoms with Gasteiger partial charge in [0.2, 0.25) is 0 Å². The quantitative estimate of drug-likeness (QED) is 0.100. The molecule has 6 aliphatic carbocycles. The van der Waals surface area contributed by atoms with E-state index in [2.05, 4.69) is 257 Å². The van der Waals surface area contributed by atoms with Crippen LogP contribution in [0, 0.1) is 23.7 Å². The molecule has 8 aromatic carbocycles. The molecule has 0 radical (unpaired) electrons. The van der Waals surface area contributed by atoms with Gasteiger partial charge in [0.05, 0.1) is 42.2 Å². The van der Waals surface area contributed by atoms with Gasteiger partial charge in [-0.2, -0.15) is 0 Å². The third-order valence-electron chi connectivity index (χ3n) is 23.7. The van der Waals surface area contributed by atoms with Gasteiger partial charge in [0, 0.05) is 67.5 Å². The van der Waals surface area contributed by atoms with E-state index in [1.54, 1.807) is 22.3 Å². The average molecular weight is 1230 g/mol. The van der Waals surface area contributed by atoms with E-state index in [1.165, 1.54) is 187 Å². The zero-order chi connectivity index (χ0) is 61.9. The highest BCUT2D eigenvalue weighted by molar-refractivity contribution is 7.00. The first kappa shape index (κ1) is 57.4. The topological polar surface area (TPSA) is 16.3 Å². The number of fused-ring (bicyclic) bond motifs is 10. The molecule has 0 saturated heterocycles. The van der Waals surface area contributed by atoms with Crippen LogP contribution in [-0.4, -0.2) is 36.0 Å². The third kappa shape index (κ3) is 9.56. The van der Waals surface area contributed by atoms with Crippen LogP contribution in [0.25, 0.3) is 66.1 Å². The van der Waals surface area contributed by atoms with Gasteiger partial charge in [0.25, 0.3) is 6.71 Å². The SMILES string of the molecule is C[Si](C)(C)c1ccc(-c2cc3c4c(c2)N(C2C(C5CC=CCC5)=CCCC2C2=CCCCC2)c2cc(-n5c6ccccc6c6ccccc65)ccc2B4c2ccc(-n4c5ccccc5c5ccccc54)cc2N3C2C(C3CC=CCC3)=CCCC2C2=CCCCC2)cc1. The van der Waals surface area contributed by atoms with Crippen LogP contribution < -0.4 is 31.4 Å². The van der Waals surface area contributed by atoms with Crippen LogP contribution in [0.5, 0.6) is 0 Å². The van der Waals surface area contributed by atoms with E-state index in [0.29, 0.717) is 23.7 Å². The molecule has 4 heterocycles. The van der Waals surface area contributed by atoms with E-state index in [1.807, 2.05) is 0 Å². The smallest absolute Gasteiger partial charge is 0.252 e. The van der Waals surface area contributed by atoms with Crippen LogP contribution in [0.4, 0.5) is 22.7 Å². The molecule has 462 valence electrons. The summed E-state index contributed by atoms with van der Waals surface area (Å²) >= 11 is 0. The number of allylic oxidation sites excluding steroid dienone is 8. The Morgan fingerprint density at radius 3 is 1.23 bits per heavy atom. The molecule has 0 saturated carbocycles. The molecule has 0 amide bonds. The van der Waals surface area contributed by atoms with Crippen molar-refractivity contribution >= 4 is 103 Å². The van der Waals surface area contributed by atoms with E-state index in [0.717, 1.165) is 38.5 Å². The number of hydrogen-bond acceptors (Lipinski definition) is 2. The Labute approximate surface area is 552 Å². The van der Waals surface area contributed by atoms with Gasteiger partial charge in [-0.05, 0) is 227 Å². The molecule has 6 unspecified atom stereocenters. The van der Waals surface area contributed by atoms with Crippen molar-refractivity contribution in [2.75, 3.05) is 9.80 Å². The Balaban J connectivity index is 0.975. The maximum Gasteiger partial charge on any atom is 0.252 e. The molecule has 2 aromatic heterocycles. The Kier molecular flexibility index (Phi) is 14.4. The fourth-order valence-electron chi connectivity index (χ4n) is 19.4. The van der Waals surface area contributed by atoms with Crippen LogP contribution in [0.15, 0.2) is 241 Å². The normalized spacial score (nSPS) is 23.0. The first-order valence-corrected chi connectivity index (χ1v) is 39.5. The van der Waals surface area contributed by atoms with Crippen LogP contribution in [0.1, 0.15) is 116 Å². The molecule has 10 aromatic rings. The first-order valence-electron chi connectivity index (χ1n) is 36.0. The molecule has 6 heteroatoms. The largest absolute Gasteiger partial charge is 0.334 e. The fraction of sp³-hybridized carbons (Fsp3) is 0.310. The lowest BCUT2D eigenvalue weighted by atomic mass is 9.33. The maximum atomic E-state index is 3.06. The van der Waals surface area contributed by atoms with E-state index in [9.17, 15) is 0 Å². The van der Waals surface area contributed by atoms with Crippen molar-refractivity contribution in [3.8, 4) is 22.5 Å². The lowest BCUT2D eigenvalue weighted by Crippen LogP contribution is -2.65. The summed E-state index contributed by atoms with van der Waals surface area (Å²) in [5.74, 6) is 1.76. The van der Waals surface area contributed by atoms with E-state index < -0.39 is 8.07 Å². The van der Waals surface area contributed by atoms with E-state index >= 15 is 0 Å². The molecule has 6 atom stereocenters. The molecule has 2 aliphatic heterocycles. The number of benzene rings is 8. The summed E-state index contributed by atoms with van der Waals surface area (Å²) in [5.41, 5.74) is 26.9. The molecule has 8 aliphatic rings. The molecule has 0 spiro atoms. The second-order valence-electron chi connectivity index (χ2n) is 29.8. The molecule has 0 bridgehead atoms. The summed E-state index contributed by atoms with van der Waals surface area (Å²) in [6.45, 7) is 7.48. The molecule has 18 rings (SSSR count). The zero-order valence-electron chi connectivity index (χ0n) is 54.8. The Morgan fingerprint density at radius 2 is 0.828 bits per heavy atom. The van der Waals surface area contributed by atoms with Gasteiger partial charge in [-0.3, -0.25) is 0 Å². The number of hydrogen-bond donors (Lipinski definition) is 0. The predicted octanol–water partition coefficient (Wildman–Crippen LogP) is 20.6. The van der Waals surface area contributed by atoms with Crippen molar-refractivity contribution in [3.05, 3.63) is 241 Å². The monoisotopic (exact) mass is 1230 g/mol. The van der Waals surface area contributed by atoms with Crippen LogP contribution in [-0.2, 0) is 0 Å².